The van der Waals surface area contributed by atoms with E-state index in [0.717, 1.165) is 46.4 Å². The minimum atomic E-state index is -4.56. The SMILES string of the molecule is COc1cccc(-n2c(=O)c3c4c(sc3n(CC(=O)Nc3cccc(C(F)(F)F)c3)c2=O)CCCC4)c1. The molecule has 0 spiro atoms. The number of carbonyl (C=O) groups excluding carboxylic acids is 1. The van der Waals surface area contributed by atoms with Crippen molar-refractivity contribution in [3.05, 3.63) is 85.4 Å². The van der Waals surface area contributed by atoms with Crippen molar-refractivity contribution in [3.63, 3.8) is 0 Å². The second-order valence-corrected chi connectivity index (χ2v) is 9.81. The van der Waals surface area contributed by atoms with Crippen molar-refractivity contribution in [1.29, 1.82) is 0 Å². The van der Waals surface area contributed by atoms with Crippen LogP contribution in [0.25, 0.3) is 15.9 Å². The Kier molecular flexibility index (Phi) is 6.40. The molecule has 1 amide bonds. The summed E-state index contributed by atoms with van der Waals surface area (Å²) in [7, 11) is 1.47. The lowest BCUT2D eigenvalue weighted by atomic mass is 9.97. The summed E-state index contributed by atoms with van der Waals surface area (Å²) in [4.78, 5) is 41.7. The summed E-state index contributed by atoms with van der Waals surface area (Å²) in [5.41, 5.74) is -0.956. The Bertz CT molecular complexity index is 1640. The molecule has 0 aliphatic heterocycles. The summed E-state index contributed by atoms with van der Waals surface area (Å²) < 4.78 is 46.8. The third kappa shape index (κ3) is 4.66. The van der Waals surface area contributed by atoms with Crippen LogP contribution in [0.15, 0.2) is 58.1 Å². The van der Waals surface area contributed by atoms with Crippen molar-refractivity contribution in [3.8, 4) is 11.4 Å². The number of methoxy groups -OCH3 is 1. The van der Waals surface area contributed by atoms with Crippen LogP contribution in [0.3, 0.4) is 0 Å². The molecule has 2 aromatic heterocycles. The number of aromatic nitrogens is 2. The van der Waals surface area contributed by atoms with E-state index in [1.807, 2.05) is 0 Å². The molecule has 0 radical (unpaired) electrons. The van der Waals surface area contributed by atoms with Gasteiger partial charge in [0, 0.05) is 16.6 Å². The summed E-state index contributed by atoms with van der Waals surface area (Å²) in [5, 5.41) is 2.84. The van der Waals surface area contributed by atoms with Crippen LogP contribution in [0.1, 0.15) is 28.8 Å². The number of benzene rings is 2. The highest BCUT2D eigenvalue weighted by Gasteiger charge is 2.30. The van der Waals surface area contributed by atoms with Crippen molar-refractivity contribution >= 4 is 33.1 Å². The molecule has 0 unspecified atom stereocenters. The number of rotatable bonds is 5. The van der Waals surface area contributed by atoms with E-state index >= 15 is 0 Å². The monoisotopic (exact) mass is 529 g/mol. The third-order valence-corrected chi connectivity index (χ3v) is 7.64. The van der Waals surface area contributed by atoms with Gasteiger partial charge in [-0.05, 0) is 61.6 Å². The molecule has 11 heteroatoms. The number of thiophene rings is 1. The molecule has 0 saturated heterocycles. The molecular weight excluding hydrogens is 507 g/mol. The number of hydrogen-bond donors (Lipinski definition) is 1. The first kappa shape index (κ1) is 24.8. The van der Waals surface area contributed by atoms with Gasteiger partial charge in [-0.25, -0.2) is 9.36 Å². The van der Waals surface area contributed by atoms with E-state index < -0.39 is 35.4 Å². The zero-order valence-electron chi connectivity index (χ0n) is 19.7. The van der Waals surface area contributed by atoms with Crippen molar-refractivity contribution in [2.75, 3.05) is 12.4 Å². The predicted molar refractivity (Wildman–Crippen MR) is 135 cm³/mol. The van der Waals surface area contributed by atoms with Gasteiger partial charge >= 0.3 is 11.9 Å². The Hall–Kier alpha value is -3.86. The van der Waals surface area contributed by atoms with Crippen LogP contribution < -0.4 is 21.3 Å². The van der Waals surface area contributed by atoms with E-state index in [1.54, 1.807) is 24.3 Å². The number of anilines is 1. The molecule has 2 heterocycles. The first-order valence-electron chi connectivity index (χ1n) is 11.6. The number of amides is 1. The highest BCUT2D eigenvalue weighted by atomic mass is 32.1. The smallest absolute Gasteiger partial charge is 0.416 e. The van der Waals surface area contributed by atoms with Crippen LogP contribution in [0.2, 0.25) is 0 Å². The highest BCUT2D eigenvalue weighted by molar-refractivity contribution is 7.18. The zero-order chi connectivity index (χ0) is 26.3. The van der Waals surface area contributed by atoms with Gasteiger partial charge in [-0.15, -0.1) is 11.3 Å². The van der Waals surface area contributed by atoms with Gasteiger partial charge in [0.2, 0.25) is 5.91 Å². The Labute approximate surface area is 212 Å². The summed E-state index contributed by atoms with van der Waals surface area (Å²) in [6, 6.07) is 10.8. The highest BCUT2D eigenvalue weighted by Crippen LogP contribution is 2.34. The first-order chi connectivity index (χ1) is 17.7. The van der Waals surface area contributed by atoms with Gasteiger partial charge in [-0.3, -0.25) is 14.2 Å². The maximum atomic E-state index is 13.7. The fourth-order valence-corrected chi connectivity index (χ4v) is 5.97. The Morgan fingerprint density at radius 2 is 1.84 bits per heavy atom. The fourth-order valence-electron chi connectivity index (χ4n) is 4.60. The summed E-state index contributed by atoms with van der Waals surface area (Å²) in [6.07, 6.45) is -1.22. The average Bonchev–Trinajstić information content (AvgIpc) is 3.26. The van der Waals surface area contributed by atoms with Gasteiger partial charge in [0.25, 0.3) is 5.56 Å². The van der Waals surface area contributed by atoms with Crippen LogP contribution in [0, 0.1) is 0 Å². The second kappa shape index (κ2) is 9.55. The number of aryl methyl sites for hydroxylation is 2. The van der Waals surface area contributed by atoms with Gasteiger partial charge in [-0.2, -0.15) is 13.2 Å². The number of carbonyl (C=O) groups is 1. The number of halogens is 3. The molecule has 5 rings (SSSR count). The normalized spacial score (nSPS) is 13.4. The maximum absolute atomic E-state index is 13.7. The number of hydrogen-bond acceptors (Lipinski definition) is 5. The molecule has 4 aromatic rings. The molecule has 0 fully saturated rings. The number of nitrogens with one attached hydrogen (secondary N) is 1. The van der Waals surface area contributed by atoms with E-state index in [4.69, 9.17) is 4.74 Å². The quantitative estimate of drug-likeness (QED) is 0.404. The van der Waals surface area contributed by atoms with Gasteiger partial charge in [0.15, 0.2) is 0 Å². The van der Waals surface area contributed by atoms with E-state index in [2.05, 4.69) is 5.32 Å². The topological polar surface area (TPSA) is 82.3 Å². The molecule has 0 saturated carbocycles. The zero-order valence-corrected chi connectivity index (χ0v) is 20.5. The lowest BCUT2D eigenvalue weighted by Crippen LogP contribution is -2.40. The van der Waals surface area contributed by atoms with E-state index in [1.165, 1.54) is 35.1 Å². The average molecular weight is 530 g/mol. The molecule has 7 nitrogen and oxygen atoms in total. The first-order valence-corrected chi connectivity index (χ1v) is 12.4. The van der Waals surface area contributed by atoms with Crippen LogP contribution in [-0.2, 0) is 30.4 Å². The van der Waals surface area contributed by atoms with Gasteiger partial charge < -0.3 is 10.1 Å². The molecule has 192 valence electrons. The summed E-state index contributed by atoms with van der Waals surface area (Å²) >= 11 is 1.32. The van der Waals surface area contributed by atoms with Gasteiger partial charge in [-0.1, -0.05) is 12.1 Å². The number of nitrogens with zero attached hydrogens (tertiary/aromatic N) is 2. The van der Waals surface area contributed by atoms with Crippen molar-refractivity contribution in [2.24, 2.45) is 0 Å². The van der Waals surface area contributed by atoms with Crippen molar-refractivity contribution < 1.29 is 22.7 Å². The number of fused-ring (bicyclic) bond motifs is 3. The predicted octanol–water partition coefficient (Wildman–Crippen LogP) is 4.76. The van der Waals surface area contributed by atoms with Crippen LogP contribution in [-0.4, -0.2) is 22.2 Å². The maximum Gasteiger partial charge on any atom is 0.416 e. The standard InChI is InChI=1S/C26H22F3N3O4S/c1-36-18-9-5-8-17(13-18)32-23(34)22-19-10-2-3-11-20(19)37-24(22)31(25(32)35)14-21(33)30-16-7-4-6-15(12-16)26(27,28)29/h4-9,12-13H,2-3,10-11,14H2,1H3,(H,30,33). The number of ether oxygens (including phenoxy) is 1. The molecule has 2 aromatic carbocycles. The number of alkyl halides is 3. The molecule has 37 heavy (non-hydrogen) atoms. The van der Waals surface area contributed by atoms with Crippen LogP contribution in [0.5, 0.6) is 5.75 Å². The van der Waals surface area contributed by atoms with Crippen molar-refractivity contribution in [2.45, 2.75) is 38.4 Å². The second-order valence-electron chi connectivity index (χ2n) is 8.73. The molecule has 1 aliphatic carbocycles. The van der Waals surface area contributed by atoms with Crippen LogP contribution in [0.4, 0.5) is 18.9 Å². The molecule has 0 atom stereocenters. The van der Waals surface area contributed by atoms with Gasteiger partial charge in [0.05, 0.1) is 23.7 Å². The minimum Gasteiger partial charge on any atom is -0.497 e. The largest absolute Gasteiger partial charge is 0.497 e. The van der Waals surface area contributed by atoms with E-state index in [9.17, 15) is 27.6 Å². The summed E-state index contributed by atoms with van der Waals surface area (Å²) in [6.45, 7) is -0.477. The Morgan fingerprint density at radius 1 is 1.08 bits per heavy atom. The van der Waals surface area contributed by atoms with Crippen molar-refractivity contribution in [1.82, 2.24) is 9.13 Å². The van der Waals surface area contributed by atoms with Crippen LogP contribution >= 0.6 is 11.3 Å². The van der Waals surface area contributed by atoms with E-state index in [0.29, 0.717) is 28.1 Å². The summed E-state index contributed by atoms with van der Waals surface area (Å²) in [5.74, 6) is -0.241. The van der Waals surface area contributed by atoms with E-state index in [-0.39, 0.29) is 5.69 Å². The fraction of sp³-hybridized carbons (Fsp3) is 0.269. The van der Waals surface area contributed by atoms with Gasteiger partial charge in [0.1, 0.15) is 17.1 Å². The molecule has 0 bridgehead atoms. The Morgan fingerprint density at radius 3 is 2.59 bits per heavy atom. The molecular formula is C26H22F3N3O4S. The Balaban J connectivity index is 1.62. The lowest BCUT2D eigenvalue weighted by molar-refractivity contribution is -0.137. The minimum absolute atomic E-state index is 0.0456. The molecule has 1 aliphatic rings. The molecule has 1 N–H and O–H groups in total. The lowest BCUT2D eigenvalue weighted by Gasteiger charge is -2.14. The third-order valence-electron chi connectivity index (χ3n) is 6.32.